The number of hydrogen-bond donors (Lipinski definition) is 1. The first-order chi connectivity index (χ1) is 14.5. The van der Waals surface area contributed by atoms with E-state index in [1.807, 2.05) is 0 Å². The molecule has 1 N–H and O–H groups in total. The lowest BCUT2D eigenvalue weighted by atomic mass is 9.88. The van der Waals surface area contributed by atoms with Crippen molar-refractivity contribution in [2.75, 3.05) is 23.8 Å². The Labute approximate surface area is 203 Å². The number of rotatable bonds is 7. The zero-order chi connectivity index (χ0) is 21.3. The zero-order valence-electron chi connectivity index (χ0n) is 18.0. The Morgan fingerprint density at radius 1 is 1.29 bits per heavy atom. The van der Waals surface area contributed by atoms with E-state index in [1.54, 1.807) is 11.3 Å². The van der Waals surface area contributed by atoms with Crippen LogP contribution in [0.4, 0.5) is 10.7 Å². The number of nitrogens with zero attached hydrogens (tertiary/aromatic N) is 2. The minimum atomic E-state index is 0. The molecule has 1 heterocycles. The molecule has 1 aromatic heterocycles. The van der Waals surface area contributed by atoms with Crippen molar-refractivity contribution in [2.45, 2.75) is 45.4 Å². The monoisotopic (exact) mass is 521 g/mol. The van der Waals surface area contributed by atoms with E-state index in [4.69, 9.17) is 0 Å². The van der Waals surface area contributed by atoms with Gasteiger partial charge >= 0.3 is 0 Å². The van der Waals surface area contributed by atoms with E-state index in [-0.39, 0.29) is 24.2 Å². The standard InChI is InChI=1S/C24H28BrN3OS.ClH/c1-15-5-9-18(10-6-15)28(2)11-3-4-21-22(25)20(14-26)24(30-21)27-23(29)19-13-16-7-8-17(19)12-16;/h5-6,9-10,16-17,19H,3-4,7-8,11-13H2,1-2H3,(H,27,29);1H/t16-,17+,19-;/m1./s1. The summed E-state index contributed by atoms with van der Waals surface area (Å²) >= 11 is 5.16. The Morgan fingerprint density at radius 2 is 2.03 bits per heavy atom. The second-order valence-electron chi connectivity index (χ2n) is 8.79. The molecule has 2 aliphatic carbocycles. The molecule has 0 spiro atoms. The van der Waals surface area contributed by atoms with Crippen LogP contribution in [0, 0.1) is 36.0 Å². The van der Waals surface area contributed by atoms with E-state index in [0.29, 0.717) is 16.5 Å². The van der Waals surface area contributed by atoms with Crippen LogP contribution in [0.2, 0.25) is 0 Å². The van der Waals surface area contributed by atoms with E-state index in [2.05, 4.69) is 70.5 Å². The molecule has 0 radical (unpaired) electrons. The second-order valence-corrected chi connectivity index (χ2v) is 10.7. The first-order valence-electron chi connectivity index (χ1n) is 10.8. The predicted octanol–water partition coefficient (Wildman–Crippen LogP) is 6.56. The van der Waals surface area contributed by atoms with Crippen LogP contribution in [0.15, 0.2) is 28.7 Å². The number of anilines is 2. The molecule has 4 nitrogen and oxygen atoms in total. The van der Waals surface area contributed by atoms with Crippen LogP contribution in [-0.4, -0.2) is 19.5 Å². The summed E-state index contributed by atoms with van der Waals surface area (Å²) in [5.74, 6) is 1.51. The molecule has 0 saturated heterocycles. The maximum atomic E-state index is 12.8. The highest BCUT2D eigenvalue weighted by atomic mass is 79.9. The van der Waals surface area contributed by atoms with Crippen molar-refractivity contribution in [3.8, 4) is 6.07 Å². The van der Waals surface area contributed by atoms with Gasteiger partial charge in [-0.3, -0.25) is 4.79 Å². The van der Waals surface area contributed by atoms with Gasteiger partial charge < -0.3 is 10.2 Å². The molecule has 2 bridgehead atoms. The maximum Gasteiger partial charge on any atom is 0.228 e. The molecule has 2 saturated carbocycles. The lowest BCUT2D eigenvalue weighted by Crippen LogP contribution is -2.27. The fourth-order valence-electron chi connectivity index (χ4n) is 4.98. The number of amides is 1. The van der Waals surface area contributed by atoms with Crippen LogP contribution in [0.25, 0.3) is 0 Å². The first kappa shape index (κ1) is 24.1. The third-order valence-electron chi connectivity index (χ3n) is 6.71. The topological polar surface area (TPSA) is 56.1 Å². The maximum absolute atomic E-state index is 12.8. The van der Waals surface area contributed by atoms with Crippen molar-refractivity contribution in [3.63, 3.8) is 0 Å². The third kappa shape index (κ3) is 5.27. The number of benzene rings is 1. The van der Waals surface area contributed by atoms with Crippen LogP contribution >= 0.6 is 39.7 Å². The van der Waals surface area contributed by atoms with Crippen LogP contribution in [0.3, 0.4) is 0 Å². The van der Waals surface area contributed by atoms with Crippen molar-refractivity contribution in [2.24, 2.45) is 17.8 Å². The first-order valence-corrected chi connectivity index (χ1v) is 12.4. The van der Waals surface area contributed by atoms with E-state index < -0.39 is 0 Å². The number of fused-ring (bicyclic) bond motifs is 2. The van der Waals surface area contributed by atoms with E-state index in [0.717, 1.165) is 41.1 Å². The Kier molecular flexibility index (Phi) is 8.07. The Hall–Kier alpha value is -1.55. The van der Waals surface area contributed by atoms with Gasteiger partial charge in [-0.15, -0.1) is 23.7 Å². The minimum absolute atomic E-state index is 0. The van der Waals surface area contributed by atoms with E-state index in [1.165, 1.54) is 30.5 Å². The zero-order valence-corrected chi connectivity index (χ0v) is 21.2. The van der Waals surface area contributed by atoms with Crippen molar-refractivity contribution < 1.29 is 4.79 Å². The molecule has 7 heteroatoms. The molecule has 2 aliphatic rings. The van der Waals surface area contributed by atoms with Crippen molar-refractivity contribution in [1.29, 1.82) is 5.26 Å². The fraction of sp³-hybridized carbons (Fsp3) is 0.500. The number of halogens is 2. The second kappa shape index (κ2) is 10.4. The molecule has 166 valence electrons. The Bertz CT molecular complexity index is 968. The number of carbonyl (C=O) groups excluding carboxylic acids is 1. The van der Waals surface area contributed by atoms with Gasteiger partial charge in [-0.05, 0) is 78.9 Å². The third-order valence-corrected chi connectivity index (χ3v) is 9.01. The van der Waals surface area contributed by atoms with Gasteiger partial charge in [0, 0.05) is 30.1 Å². The lowest BCUT2D eigenvalue weighted by Gasteiger charge is -2.20. The Balaban J connectivity index is 0.00000272. The average molecular weight is 523 g/mol. The summed E-state index contributed by atoms with van der Waals surface area (Å²) in [6.45, 7) is 3.03. The summed E-state index contributed by atoms with van der Waals surface area (Å²) < 4.78 is 0.844. The average Bonchev–Trinajstić information content (AvgIpc) is 3.44. The van der Waals surface area contributed by atoms with Gasteiger partial charge in [-0.25, -0.2) is 0 Å². The highest BCUT2D eigenvalue weighted by molar-refractivity contribution is 9.10. The molecule has 4 rings (SSSR count). The van der Waals surface area contributed by atoms with Gasteiger partial charge in [0.1, 0.15) is 16.6 Å². The molecule has 1 aromatic carbocycles. The normalized spacial score (nSPS) is 21.4. The summed E-state index contributed by atoms with van der Waals surface area (Å²) in [4.78, 5) is 16.2. The molecule has 3 atom stereocenters. The SMILES string of the molecule is Cc1ccc(N(C)CCCc2sc(NC(=O)[C@@H]3C[C@@H]4CC[C@H]3C4)c(C#N)c2Br)cc1.Cl. The molecule has 2 aromatic rings. The van der Waals surface area contributed by atoms with Crippen molar-refractivity contribution >= 4 is 56.3 Å². The quantitative estimate of drug-likeness (QED) is 0.448. The minimum Gasteiger partial charge on any atom is -0.375 e. The highest BCUT2D eigenvalue weighted by Crippen LogP contribution is 2.49. The molecule has 0 aliphatic heterocycles. The number of nitrogens with one attached hydrogen (secondary N) is 1. The number of nitriles is 1. The van der Waals surface area contributed by atoms with Crippen LogP contribution < -0.4 is 10.2 Å². The lowest BCUT2D eigenvalue weighted by molar-refractivity contribution is -0.121. The summed E-state index contributed by atoms with van der Waals surface area (Å²) in [7, 11) is 2.11. The van der Waals surface area contributed by atoms with E-state index in [9.17, 15) is 10.1 Å². The number of thiophene rings is 1. The molecule has 0 unspecified atom stereocenters. The fourth-order valence-corrected chi connectivity index (χ4v) is 6.93. The number of carbonyl (C=O) groups is 1. The largest absolute Gasteiger partial charge is 0.375 e. The summed E-state index contributed by atoms with van der Waals surface area (Å²) in [6, 6.07) is 10.8. The number of hydrogen-bond acceptors (Lipinski definition) is 4. The van der Waals surface area contributed by atoms with Gasteiger partial charge in [-0.1, -0.05) is 24.1 Å². The van der Waals surface area contributed by atoms with Gasteiger partial charge in [-0.2, -0.15) is 5.26 Å². The molecular formula is C24H29BrClN3OS. The van der Waals surface area contributed by atoms with Crippen LogP contribution in [0.1, 0.15) is 48.1 Å². The van der Waals surface area contributed by atoms with Gasteiger partial charge in [0.25, 0.3) is 0 Å². The van der Waals surface area contributed by atoms with Gasteiger partial charge in [0.05, 0.1) is 4.47 Å². The summed E-state index contributed by atoms with van der Waals surface area (Å²) in [5.41, 5.74) is 3.04. The predicted molar refractivity (Wildman–Crippen MR) is 134 cm³/mol. The van der Waals surface area contributed by atoms with Gasteiger partial charge in [0.2, 0.25) is 5.91 Å². The van der Waals surface area contributed by atoms with Gasteiger partial charge in [0.15, 0.2) is 0 Å². The van der Waals surface area contributed by atoms with Crippen LogP contribution in [0.5, 0.6) is 0 Å². The molecule has 2 fully saturated rings. The van der Waals surface area contributed by atoms with Crippen molar-refractivity contribution in [1.82, 2.24) is 0 Å². The Morgan fingerprint density at radius 3 is 2.65 bits per heavy atom. The smallest absolute Gasteiger partial charge is 0.228 e. The molecule has 1 amide bonds. The van der Waals surface area contributed by atoms with Crippen LogP contribution in [-0.2, 0) is 11.2 Å². The summed E-state index contributed by atoms with van der Waals surface area (Å²) in [5, 5.41) is 13.5. The molecular weight excluding hydrogens is 494 g/mol. The number of aryl methyl sites for hydroxylation is 2. The van der Waals surface area contributed by atoms with Crippen molar-refractivity contribution in [3.05, 3.63) is 44.7 Å². The summed E-state index contributed by atoms with van der Waals surface area (Å²) in [6.07, 6.45) is 6.54. The molecule has 31 heavy (non-hydrogen) atoms. The van der Waals surface area contributed by atoms with E-state index >= 15 is 0 Å². The highest BCUT2D eigenvalue weighted by Gasteiger charge is 2.43.